The lowest BCUT2D eigenvalue weighted by molar-refractivity contribution is 0.412. The fourth-order valence-electron chi connectivity index (χ4n) is 2.06. The van der Waals surface area contributed by atoms with Crippen molar-refractivity contribution in [2.45, 2.75) is 32.9 Å². The van der Waals surface area contributed by atoms with Crippen molar-refractivity contribution in [3.05, 3.63) is 47.0 Å². The number of nitrogens with two attached hydrogens (primary N) is 1. The predicted molar refractivity (Wildman–Crippen MR) is 89.6 cm³/mol. The Labute approximate surface area is 130 Å². The van der Waals surface area contributed by atoms with E-state index < -0.39 is 0 Å². The normalized spacial score (nSPS) is 11.6. The first-order chi connectivity index (χ1) is 9.76. The Hall–Kier alpha value is -1.71. The lowest BCUT2D eigenvalue weighted by atomic mass is 9.99. The number of halogens is 1. The molecule has 0 heterocycles. The van der Waals surface area contributed by atoms with Crippen LogP contribution in [0.3, 0.4) is 0 Å². The molecule has 0 saturated heterocycles. The van der Waals surface area contributed by atoms with Crippen LogP contribution in [0.25, 0.3) is 11.1 Å². The van der Waals surface area contributed by atoms with Gasteiger partial charge in [0.05, 0.1) is 0 Å². The largest absolute Gasteiger partial charge is 0.507 e. The van der Waals surface area contributed by atoms with Crippen LogP contribution in [0.5, 0.6) is 5.75 Å². The molecule has 2 rings (SSSR count). The first kappa shape index (κ1) is 15.7. The fourth-order valence-corrected chi connectivity index (χ4v) is 2.19. The number of aromatic hydroxyl groups is 1. The number of phenols is 1. The molecule has 0 aliphatic carbocycles. The monoisotopic (exact) mass is 304 g/mol. The lowest BCUT2D eigenvalue weighted by Crippen LogP contribution is -2.35. The van der Waals surface area contributed by atoms with Gasteiger partial charge in [-0.05, 0) is 50.6 Å². The topological polar surface area (TPSA) is 58.3 Å². The van der Waals surface area contributed by atoms with Crippen molar-refractivity contribution >= 4 is 17.3 Å². The summed E-state index contributed by atoms with van der Waals surface area (Å²) in [5.41, 5.74) is 8.96. The number of hydrogen-bond donors (Lipinski definition) is 3. The van der Waals surface area contributed by atoms with Gasteiger partial charge in [-0.25, -0.2) is 0 Å². The first-order valence-corrected chi connectivity index (χ1v) is 7.26. The Bertz CT molecular complexity index is 630. The molecule has 0 spiro atoms. The van der Waals surface area contributed by atoms with E-state index in [1.807, 2.05) is 12.1 Å². The Balaban J connectivity index is 2.39. The maximum absolute atomic E-state index is 10.5. The molecule has 21 heavy (non-hydrogen) atoms. The van der Waals surface area contributed by atoms with Crippen LogP contribution < -0.4 is 11.1 Å². The van der Waals surface area contributed by atoms with Crippen molar-refractivity contribution < 1.29 is 5.11 Å². The van der Waals surface area contributed by atoms with Crippen LogP contribution in [-0.4, -0.2) is 10.6 Å². The zero-order chi connectivity index (χ0) is 15.6. The van der Waals surface area contributed by atoms with Gasteiger partial charge in [0.1, 0.15) is 5.75 Å². The minimum absolute atomic E-state index is 0.0303. The van der Waals surface area contributed by atoms with E-state index >= 15 is 0 Å². The first-order valence-electron chi connectivity index (χ1n) is 6.88. The second-order valence-corrected chi connectivity index (χ2v) is 6.62. The highest BCUT2D eigenvalue weighted by molar-refractivity contribution is 6.30. The smallest absolute Gasteiger partial charge is 0.128 e. The van der Waals surface area contributed by atoms with Crippen LogP contribution in [-0.2, 0) is 6.54 Å². The average molecular weight is 305 g/mol. The van der Waals surface area contributed by atoms with Crippen molar-refractivity contribution in [1.82, 2.24) is 5.32 Å². The third-order valence-corrected chi connectivity index (χ3v) is 3.43. The Morgan fingerprint density at radius 1 is 1.14 bits per heavy atom. The predicted octanol–water partition coefficient (Wildman–Crippen LogP) is 4.18. The van der Waals surface area contributed by atoms with Gasteiger partial charge in [-0.15, -0.1) is 0 Å². The molecule has 2 aromatic rings. The molecule has 2 aromatic carbocycles. The molecule has 4 N–H and O–H groups in total. The van der Waals surface area contributed by atoms with Crippen LogP contribution in [0.4, 0.5) is 5.69 Å². The van der Waals surface area contributed by atoms with E-state index in [9.17, 15) is 5.11 Å². The summed E-state index contributed by atoms with van der Waals surface area (Å²) in [6, 6.07) is 10.9. The highest BCUT2D eigenvalue weighted by Crippen LogP contribution is 2.35. The second kappa shape index (κ2) is 5.96. The van der Waals surface area contributed by atoms with Crippen molar-refractivity contribution in [3.8, 4) is 16.9 Å². The van der Waals surface area contributed by atoms with E-state index in [0.29, 0.717) is 17.3 Å². The highest BCUT2D eigenvalue weighted by atomic mass is 35.5. The zero-order valence-electron chi connectivity index (χ0n) is 12.6. The number of hydrogen-bond acceptors (Lipinski definition) is 3. The van der Waals surface area contributed by atoms with Crippen molar-refractivity contribution in [3.63, 3.8) is 0 Å². The third-order valence-electron chi connectivity index (χ3n) is 3.18. The molecule has 0 atom stereocenters. The molecule has 0 aromatic heterocycles. The molecular weight excluding hydrogens is 284 g/mol. The standard InChI is InChI=1S/C17H21ClN2O/c1-17(2,3)20-10-12-8-14(19)9-15(16(12)21)11-4-6-13(18)7-5-11/h4-9,20-21H,10,19H2,1-3H3. The second-order valence-electron chi connectivity index (χ2n) is 6.19. The molecule has 0 aliphatic rings. The molecule has 4 heteroatoms. The van der Waals surface area contributed by atoms with E-state index in [1.165, 1.54) is 0 Å². The molecule has 0 unspecified atom stereocenters. The number of nitrogen functional groups attached to an aromatic ring is 1. The summed E-state index contributed by atoms with van der Waals surface area (Å²) >= 11 is 5.90. The van der Waals surface area contributed by atoms with Gasteiger partial charge in [-0.3, -0.25) is 0 Å². The summed E-state index contributed by atoms with van der Waals surface area (Å²) in [6.07, 6.45) is 0. The molecule has 0 fully saturated rings. The summed E-state index contributed by atoms with van der Waals surface area (Å²) in [5, 5.41) is 14.5. The summed E-state index contributed by atoms with van der Waals surface area (Å²) in [4.78, 5) is 0. The average Bonchev–Trinajstić information content (AvgIpc) is 2.39. The van der Waals surface area contributed by atoms with Crippen LogP contribution >= 0.6 is 11.6 Å². The van der Waals surface area contributed by atoms with Crippen LogP contribution in [0.15, 0.2) is 36.4 Å². The van der Waals surface area contributed by atoms with Gasteiger partial charge in [-0.1, -0.05) is 23.7 Å². The van der Waals surface area contributed by atoms with Crippen molar-refractivity contribution in [1.29, 1.82) is 0 Å². The fraction of sp³-hybridized carbons (Fsp3) is 0.294. The third kappa shape index (κ3) is 4.13. The van der Waals surface area contributed by atoms with Crippen LogP contribution in [0.1, 0.15) is 26.3 Å². The number of anilines is 1. The Morgan fingerprint density at radius 3 is 2.33 bits per heavy atom. The quantitative estimate of drug-likeness (QED) is 0.589. The molecule has 0 bridgehead atoms. The molecule has 3 nitrogen and oxygen atoms in total. The molecular formula is C17H21ClN2O. The maximum atomic E-state index is 10.5. The van der Waals surface area contributed by atoms with E-state index in [4.69, 9.17) is 17.3 Å². The molecule has 0 aliphatic heterocycles. The van der Waals surface area contributed by atoms with Crippen molar-refractivity contribution in [2.24, 2.45) is 0 Å². The van der Waals surface area contributed by atoms with Gasteiger partial charge in [0.15, 0.2) is 0 Å². The van der Waals surface area contributed by atoms with Gasteiger partial charge >= 0.3 is 0 Å². The molecule has 0 saturated carbocycles. The molecule has 0 amide bonds. The van der Waals surface area contributed by atoms with Gasteiger partial charge < -0.3 is 16.2 Å². The number of phenolic OH excluding ortho intramolecular Hbond substituents is 1. The van der Waals surface area contributed by atoms with Crippen LogP contribution in [0, 0.1) is 0 Å². The lowest BCUT2D eigenvalue weighted by Gasteiger charge is -2.21. The Morgan fingerprint density at radius 2 is 1.76 bits per heavy atom. The Kier molecular flexibility index (Phi) is 4.45. The minimum atomic E-state index is -0.0303. The van der Waals surface area contributed by atoms with E-state index in [2.05, 4.69) is 26.1 Å². The summed E-state index contributed by atoms with van der Waals surface area (Å²) in [5.74, 6) is 0.253. The summed E-state index contributed by atoms with van der Waals surface area (Å²) < 4.78 is 0. The maximum Gasteiger partial charge on any atom is 0.128 e. The summed E-state index contributed by atoms with van der Waals surface area (Å²) in [7, 11) is 0. The SMILES string of the molecule is CC(C)(C)NCc1cc(N)cc(-c2ccc(Cl)cc2)c1O. The van der Waals surface area contributed by atoms with Gasteiger partial charge in [0, 0.05) is 33.9 Å². The van der Waals surface area contributed by atoms with Gasteiger partial charge in [0.25, 0.3) is 0 Å². The minimum Gasteiger partial charge on any atom is -0.507 e. The number of benzene rings is 2. The highest BCUT2D eigenvalue weighted by Gasteiger charge is 2.14. The van der Waals surface area contributed by atoms with Crippen molar-refractivity contribution in [2.75, 3.05) is 5.73 Å². The zero-order valence-corrected chi connectivity index (χ0v) is 13.3. The van der Waals surface area contributed by atoms with E-state index in [-0.39, 0.29) is 11.3 Å². The van der Waals surface area contributed by atoms with E-state index in [1.54, 1.807) is 24.3 Å². The van der Waals surface area contributed by atoms with E-state index in [0.717, 1.165) is 16.7 Å². The molecule has 0 radical (unpaired) electrons. The summed E-state index contributed by atoms with van der Waals surface area (Å²) in [6.45, 7) is 6.80. The van der Waals surface area contributed by atoms with Gasteiger partial charge in [-0.2, -0.15) is 0 Å². The van der Waals surface area contributed by atoms with Gasteiger partial charge in [0.2, 0.25) is 0 Å². The molecule has 112 valence electrons. The number of nitrogens with one attached hydrogen (secondary N) is 1. The van der Waals surface area contributed by atoms with Crippen LogP contribution in [0.2, 0.25) is 5.02 Å². The number of rotatable bonds is 3.